The molecule has 1 nitrogen and oxygen atoms in total. The third-order valence-electron chi connectivity index (χ3n) is 2.37. The largest absolute Gasteiger partial charge is 0.207 e. The van der Waals surface area contributed by atoms with Crippen LogP contribution in [0, 0.1) is 23.0 Å². The summed E-state index contributed by atoms with van der Waals surface area (Å²) in [5.74, 6) is -0.333. The summed E-state index contributed by atoms with van der Waals surface area (Å²) in [6.07, 6.45) is 0. The monoisotopic (exact) mass is 261 g/mol. The highest BCUT2D eigenvalue weighted by Gasteiger charge is 2.05. The molecule has 0 aromatic heterocycles. The number of halogens is 2. The zero-order valence-electron chi connectivity index (χ0n) is 9.36. The van der Waals surface area contributed by atoms with Crippen LogP contribution in [0.1, 0.15) is 11.1 Å². The maximum absolute atomic E-state index is 13.4. The van der Waals surface area contributed by atoms with Crippen molar-refractivity contribution in [1.82, 2.24) is 0 Å². The first-order valence-electron chi connectivity index (χ1n) is 5.26. The van der Waals surface area contributed by atoms with Gasteiger partial charge in [-0.05, 0) is 35.9 Å². The van der Waals surface area contributed by atoms with Gasteiger partial charge >= 0.3 is 0 Å². The lowest BCUT2D eigenvalue weighted by Crippen LogP contribution is -1.86. The molecule has 0 saturated carbocycles. The Labute approximate surface area is 108 Å². The van der Waals surface area contributed by atoms with Crippen molar-refractivity contribution in [2.24, 2.45) is 0 Å². The summed E-state index contributed by atoms with van der Waals surface area (Å²) in [5, 5.41) is 8.66. The SMILES string of the molecule is N#Cc1ccc(CSc2cc(F)ccc2F)cc1. The molecule has 0 aliphatic heterocycles. The standard InChI is InChI=1S/C14H9F2NS/c15-12-5-6-13(16)14(7-12)18-9-11-3-1-10(8-17)2-4-11/h1-7H,9H2. The molecule has 0 radical (unpaired) electrons. The number of hydrogen-bond acceptors (Lipinski definition) is 2. The molecule has 0 saturated heterocycles. The highest BCUT2D eigenvalue weighted by atomic mass is 32.2. The third kappa shape index (κ3) is 3.08. The number of rotatable bonds is 3. The molecule has 0 N–H and O–H groups in total. The molecule has 0 spiro atoms. The van der Waals surface area contributed by atoms with E-state index in [1.54, 1.807) is 12.1 Å². The van der Waals surface area contributed by atoms with E-state index in [0.29, 0.717) is 16.2 Å². The highest BCUT2D eigenvalue weighted by Crippen LogP contribution is 2.26. The van der Waals surface area contributed by atoms with Crippen LogP contribution in [-0.2, 0) is 5.75 Å². The van der Waals surface area contributed by atoms with Crippen LogP contribution in [0.25, 0.3) is 0 Å². The van der Waals surface area contributed by atoms with Crippen LogP contribution in [0.4, 0.5) is 8.78 Å². The molecule has 2 rings (SSSR count). The van der Waals surface area contributed by atoms with Crippen molar-refractivity contribution in [3.05, 3.63) is 65.2 Å². The van der Waals surface area contributed by atoms with E-state index in [1.165, 1.54) is 17.8 Å². The van der Waals surface area contributed by atoms with Gasteiger partial charge in [-0.1, -0.05) is 12.1 Å². The Hall–Kier alpha value is -1.86. The fourth-order valence-electron chi connectivity index (χ4n) is 1.42. The van der Waals surface area contributed by atoms with Gasteiger partial charge in [-0.25, -0.2) is 8.78 Å². The lowest BCUT2D eigenvalue weighted by atomic mass is 10.2. The fraction of sp³-hybridized carbons (Fsp3) is 0.0714. The van der Waals surface area contributed by atoms with E-state index in [0.717, 1.165) is 17.7 Å². The lowest BCUT2D eigenvalue weighted by molar-refractivity contribution is 0.577. The molecule has 0 heterocycles. The summed E-state index contributed by atoms with van der Waals surface area (Å²) in [5.41, 5.74) is 1.54. The van der Waals surface area contributed by atoms with Crippen molar-refractivity contribution in [2.75, 3.05) is 0 Å². The van der Waals surface area contributed by atoms with Crippen LogP contribution in [0.5, 0.6) is 0 Å². The molecule has 2 aromatic carbocycles. The van der Waals surface area contributed by atoms with Crippen LogP contribution >= 0.6 is 11.8 Å². The number of benzene rings is 2. The normalized spacial score (nSPS) is 10.1. The van der Waals surface area contributed by atoms with Gasteiger partial charge in [-0.3, -0.25) is 0 Å². The van der Waals surface area contributed by atoms with E-state index in [2.05, 4.69) is 0 Å². The molecule has 0 atom stereocenters. The summed E-state index contributed by atoms with van der Waals surface area (Å²) in [6, 6.07) is 12.5. The van der Waals surface area contributed by atoms with Gasteiger partial charge in [0.2, 0.25) is 0 Å². The summed E-state index contributed by atoms with van der Waals surface area (Å²) in [7, 11) is 0. The molecular weight excluding hydrogens is 252 g/mol. The Morgan fingerprint density at radius 3 is 2.44 bits per heavy atom. The van der Waals surface area contributed by atoms with E-state index >= 15 is 0 Å². The molecule has 2 aromatic rings. The van der Waals surface area contributed by atoms with Crippen LogP contribution in [0.15, 0.2) is 47.4 Å². The molecule has 0 fully saturated rings. The second kappa shape index (κ2) is 5.65. The Balaban J connectivity index is 2.07. The fourth-order valence-corrected chi connectivity index (χ4v) is 2.34. The Kier molecular flexibility index (Phi) is 3.96. The lowest BCUT2D eigenvalue weighted by Gasteiger charge is -2.03. The number of hydrogen-bond donors (Lipinski definition) is 0. The van der Waals surface area contributed by atoms with Gasteiger partial charge in [0.25, 0.3) is 0 Å². The average Bonchev–Trinajstić information content (AvgIpc) is 2.40. The molecule has 0 amide bonds. The molecule has 4 heteroatoms. The third-order valence-corrected chi connectivity index (χ3v) is 3.47. The van der Waals surface area contributed by atoms with Gasteiger partial charge in [-0.15, -0.1) is 11.8 Å². The minimum absolute atomic E-state index is 0.291. The minimum atomic E-state index is -0.446. The smallest absolute Gasteiger partial charge is 0.136 e. The van der Waals surface area contributed by atoms with Gasteiger partial charge < -0.3 is 0 Å². The number of thioether (sulfide) groups is 1. The summed E-state index contributed by atoms with van der Waals surface area (Å²) >= 11 is 1.23. The first kappa shape index (κ1) is 12.6. The highest BCUT2D eigenvalue weighted by molar-refractivity contribution is 7.98. The van der Waals surface area contributed by atoms with Crippen LogP contribution in [0.3, 0.4) is 0 Å². The van der Waals surface area contributed by atoms with Gasteiger partial charge in [-0.2, -0.15) is 5.26 Å². The van der Waals surface area contributed by atoms with Crippen molar-refractivity contribution in [2.45, 2.75) is 10.6 Å². The first-order valence-corrected chi connectivity index (χ1v) is 6.24. The van der Waals surface area contributed by atoms with Crippen LogP contribution in [0.2, 0.25) is 0 Å². The van der Waals surface area contributed by atoms with E-state index in [1.807, 2.05) is 18.2 Å². The predicted molar refractivity (Wildman–Crippen MR) is 67.1 cm³/mol. The quantitative estimate of drug-likeness (QED) is 0.776. The van der Waals surface area contributed by atoms with Crippen LogP contribution < -0.4 is 0 Å². The second-order valence-corrected chi connectivity index (χ2v) is 4.69. The summed E-state index contributed by atoms with van der Waals surface area (Å²) in [6.45, 7) is 0. The van der Waals surface area contributed by atoms with Crippen molar-refractivity contribution < 1.29 is 8.78 Å². The van der Waals surface area contributed by atoms with Gasteiger partial charge in [0, 0.05) is 10.6 Å². The minimum Gasteiger partial charge on any atom is -0.207 e. The molecule has 0 unspecified atom stereocenters. The molecule has 0 aliphatic carbocycles. The maximum Gasteiger partial charge on any atom is 0.136 e. The van der Waals surface area contributed by atoms with E-state index in [-0.39, 0.29) is 0 Å². The Bertz CT molecular complexity index is 588. The van der Waals surface area contributed by atoms with Crippen molar-refractivity contribution >= 4 is 11.8 Å². The second-order valence-electron chi connectivity index (χ2n) is 3.67. The Morgan fingerprint density at radius 1 is 1.06 bits per heavy atom. The van der Waals surface area contributed by atoms with Gasteiger partial charge in [0.05, 0.1) is 11.6 Å². The number of nitriles is 1. The van der Waals surface area contributed by atoms with E-state index in [4.69, 9.17) is 5.26 Å². The van der Waals surface area contributed by atoms with E-state index in [9.17, 15) is 8.78 Å². The zero-order chi connectivity index (χ0) is 13.0. The molecule has 18 heavy (non-hydrogen) atoms. The topological polar surface area (TPSA) is 23.8 Å². The molecular formula is C14H9F2NS. The van der Waals surface area contributed by atoms with Crippen molar-refractivity contribution in [3.8, 4) is 6.07 Å². The summed E-state index contributed by atoms with van der Waals surface area (Å²) < 4.78 is 26.3. The zero-order valence-corrected chi connectivity index (χ0v) is 10.2. The Morgan fingerprint density at radius 2 is 1.78 bits per heavy atom. The van der Waals surface area contributed by atoms with Gasteiger partial charge in [0.1, 0.15) is 11.6 Å². The van der Waals surface area contributed by atoms with Gasteiger partial charge in [0.15, 0.2) is 0 Å². The molecule has 0 aliphatic rings. The molecule has 90 valence electrons. The number of nitrogens with zero attached hydrogens (tertiary/aromatic N) is 1. The average molecular weight is 261 g/mol. The maximum atomic E-state index is 13.4. The van der Waals surface area contributed by atoms with Crippen molar-refractivity contribution in [1.29, 1.82) is 5.26 Å². The first-order chi connectivity index (χ1) is 8.69. The molecule has 0 bridgehead atoms. The predicted octanol–water partition coefficient (Wildman–Crippen LogP) is 4.13. The summed E-state index contributed by atoms with van der Waals surface area (Å²) in [4.78, 5) is 0.291. The van der Waals surface area contributed by atoms with Crippen LogP contribution in [-0.4, -0.2) is 0 Å². The van der Waals surface area contributed by atoms with Crippen molar-refractivity contribution in [3.63, 3.8) is 0 Å². The van der Waals surface area contributed by atoms with E-state index < -0.39 is 11.6 Å².